The molecule has 138 valence electrons. The van der Waals surface area contributed by atoms with Gasteiger partial charge >= 0.3 is 0 Å². The van der Waals surface area contributed by atoms with E-state index in [0.717, 1.165) is 5.56 Å². The summed E-state index contributed by atoms with van der Waals surface area (Å²) in [6.45, 7) is 1.56. The lowest BCUT2D eigenvalue weighted by molar-refractivity contribution is -0.140. The van der Waals surface area contributed by atoms with Crippen molar-refractivity contribution >= 4 is 21.7 Å². The molecule has 1 heterocycles. The van der Waals surface area contributed by atoms with E-state index in [1.165, 1.54) is 16.7 Å². The van der Waals surface area contributed by atoms with Gasteiger partial charge in [0, 0.05) is 32.1 Å². The van der Waals surface area contributed by atoms with Gasteiger partial charge in [0.1, 0.15) is 12.3 Å². The van der Waals surface area contributed by atoms with Crippen LogP contribution in [0.5, 0.6) is 5.75 Å². The smallest absolute Gasteiger partial charge is 0.242 e. The Morgan fingerprint density at radius 1 is 1.28 bits per heavy atom. The minimum atomic E-state index is -3.07. The number of para-hydroxylation sites is 1. The van der Waals surface area contributed by atoms with Crippen LogP contribution in [0.3, 0.4) is 0 Å². The van der Waals surface area contributed by atoms with Crippen LogP contribution in [0.2, 0.25) is 0 Å². The van der Waals surface area contributed by atoms with Crippen molar-refractivity contribution in [2.24, 2.45) is 0 Å². The van der Waals surface area contributed by atoms with E-state index in [4.69, 9.17) is 4.74 Å². The first kappa shape index (κ1) is 19.2. The largest absolute Gasteiger partial charge is 0.496 e. The maximum atomic E-state index is 12.5. The Balaban J connectivity index is 2.06. The van der Waals surface area contributed by atoms with Crippen LogP contribution >= 0.6 is 0 Å². The van der Waals surface area contributed by atoms with Crippen molar-refractivity contribution in [1.82, 2.24) is 9.80 Å². The maximum Gasteiger partial charge on any atom is 0.242 e. The summed E-state index contributed by atoms with van der Waals surface area (Å²) >= 11 is 0. The second-order valence-electron chi connectivity index (χ2n) is 6.25. The number of carbonyl (C=O) groups excluding carboxylic acids is 2. The van der Waals surface area contributed by atoms with Crippen molar-refractivity contribution in [3.05, 3.63) is 29.8 Å². The number of ether oxygens (including phenoxy) is 1. The summed E-state index contributed by atoms with van der Waals surface area (Å²) in [5, 5.41) is 0. The van der Waals surface area contributed by atoms with Crippen molar-refractivity contribution in [3.63, 3.8) is 0 Å². The normalized spacial score (nSPS) is 18.6. The highest BCUT2D eigenvalue weighted by molar-refractivity contribution is 7.91. The molecule has 0 spiro atoms. The van der Waals surface area contributed by atoms with Crippen LogP contribution in [-0.4, -0.2) is 68.3 Å². The number of amides is 2. The average molecular weight is 368 g/mol. The summed E-state index contributed by atoms with van der Waals surface area (Å²) < 4.78 is 28.5. The predicted octanol–water partition coefficient (Wildman–Crippen LogP) is 0.689. The number of hydrogen-bond acceptors (Lipinski definition) is 5. The molecule has 2 rings (SSSR count). The summed E-state index contributed by atoms with van der Waals surface area (Å²) in [6, 6.07) is 6.99. The van der Waals surface area contributed by atoms with E-state index in [1.807, 2.05) is 18.2 Å². The van der Waals surface area contributed by atoms with Crippen LogP contribution in [-0.2, 0) is 26.0 Å². The minimum Gasteiger partial charge on any atom is -0.496 e. The van der Waals surface area contributed by atoms with Gasteiger partial charge in [0.2, 0.25) is 11.8 Å². The number of hydrogen-bond donors (Lipinski definition) is 0. The second-order valence-corrected chi connectivity index (χ2v) is 8.48. The summed E-state index contributed by atoms with van der Waals surface area (Å²) in [4.78, 5) is 27.3. The Labute approximate surface area is 148 Å². The molecule has 0 aliphatic carbocycles. The fraction of sp³-hybridized carbons (Fsp3) is 0.529. The van der Waals surface area contributed by atoms with Gasteiger partial charge < -0.3 is 14.5 Å². The summed E-state index contributed by atoms with van der Waals surface area (Å²) in [5.41, 5.74) is 0.805. The number of sulfone groups is 1. The number of rotatable bonds is 6. The number of carbonyl (C=O) groups is 2. The van der Waals surface area contributed by atoms with Crippen LogP contribution in [0, 0.1) is 0 Å². The molecule has 1 unspecified atom stereocenters. The van der Waals surface area contributed by atoms with E-state index >= 15 is 0 Å². The molecule has 0 aromatic heterocycles. The second kappa shape index (κ2) is 7.86. The van der Waals surface area contributed by atoms with E-state index in [-0.39, 0.29) is 42.5 Å². The van der Waals surface area contributed by atoms with Crippen LogP contribution in [0.25, 0.3) is 0 Å². The summed E-state index contributed by atoms with van der Waals surface area (Å²) in [5.74, 6) is 0.240. The molecular formula is C17H24N2O5S. The molecule has 1 fully saturated rings. The number of benzene rings is 1. The zero-order valence-corrected chi connectivity index (χ0v) is 15.6. The van der Waals surface area contributed by atoms with Gasteiger partial charge in [-0.3, -0.25) is 9.59 Å². The van der Waals surface area contributed by atoms with Gasteiger partial charge in [0.05, 0.1) is 18.6 Å². The Morgan fingerprint density at radius 2 is 1.96 bits per heavy atom. The van der Waals surface area contributed by atoms with E-state index < -0.39 is 9.84 Å². The summed E-state index contributed by atoms with van der Waals surface area (Å²) in [7, 11) is 0.0772. The fourth-order valence-corrected chi connectivity index (χ4v) is 4.65. The molecule has 7 nitrogen and oxygen atoms in total. The summed E-state index contributed by atoms with van der Waals surface area (Å²) in [6.07, 6.45) is 0.442. The van der Waals surface area contributed by atoms with Crippen LogP contribution in [0.1, 0.15) is 18.9 Å². The van der Waals surface area contributed by atoms with Crippen molar-refractivity contribution in [2.75, 3.05) is 32.2 Å². The molecule has 2 amide bonds. The molecule has 8 heteroatoms. The van der Waals surface area contributed by atoms with E-state index in [0.29, 0.717) is 12.2 Å². The highest BCUT2D eigenvalue weighted by Gasteiger charge is 2.33. The molecule has 1 aliphatic rings. The molecule has 0 N–H and O–H groups in total. The quantitative estimate of drug-likeness (QED) is 0.738. The molecule has 1 aromatic rings. The van der Waals surface area contributed by atoms with E-state index in [9.17, 15) is 18.0 Å². The third-order valence-electron chi connectivity index (χ3n) is 4.47. The number of nitrogens with zero attached hydrogens (tertiary/aromatic N) is 2. The van der Waals surface area contributed by atoms with Gasteiger partial charge in [0.25, 0.3) is 0 Å². The molecule has 0 bridgehead atoms. The Bertz CT molecular complexity index is 747. The Hall–Kier alpha value is -2.09. The molecule has 25 heavy (non-hydrogen) atoms. The molecule has 0 radical (unpaired) electrons. The van der Waals surface area contributed by atoms with Crippen LogP contribution < -0.4 is 4.74 Å². The van der Waals surface area contributed by atoms with Crippen LogP contribution in [0.4, 0.5) is 0 Å². The van der Waals surface area contributed by atoms with Gasteiger partial charge in [0.15, 0.2) is 9.84 Å². The highest BCUT2D eigenvalue weighted by atomic mass is 32.2. The van der Waals surface area contributed by atoms with Crippen molar-refractivity contribution < 1.29 is 22.7 Å². The topological polar surface area (TPSA) is 84.0 Å². The minimum absolute atomic E-state index is 0.0121. The van der Waals surface area contributed by atoms with Gasteiger partial charge in [-0.15, -0.1) is 0 Å². The third-order valence-corrected chi connectivity index (χ3v) is 6.23. The van der Waals surface area contributed by atoms with Gasteiger partial charge in [-0.1, -0.05) is 18.2 Å². The standard InChI is InChI=1S/C17H24N2O5S/c1-13(20)19(10-14-6-4-5-7-16(14)24-3)11-17(21)18(2)15-8-9-25(22,23)12-15/h4-7,15H,8-12H2,1-3H3. The maximum absolute atomic E-state index is 12.5. The first-order valence-electron chi connectivity index (χ1n) is 8.07. The van der Waals surface area contributed by atoms with Crippen molar-refractivity contribution in [1.29, 1.82) is 0 Å². The lowest BCUT2D eigenvalue weighted by atomic mass is 10.2. The van der Waals surface area contributed by atoms with Gasteiger partial charge in [-0.25, -0.2) is 8.42 Å². The fourth-order valence-electron chi connectivity index (χ4n) is 2.88. The molecule has 0 saturated carbocycles. The van der Waals surface area contributed by atoms with E-state index in [2.05, 4.69) is 0 Å². The third kappa shape index (κ3) is 4.94. The molecule has 1 aliphatic heterocycles. The average Bonchev–Trinajstić information content (AvgIpc) is 2.93. The van der Waals surface area contributed by atoms with Gasteiger partial charge in [-0.05, 0) is 12.5 Å². The number of methoxy groups -OCH3 is 1. The van der Waals surface area contributed by atoms with Gasteiger partial charge in [-0.2, -0.15) is 0 Å². The number of likely N-dealkylation sites (N-methyl/N-ethyl adjacent to an activating group) is 1. The Morgan fingerprint density at radius 3 is 2.52 bits per heavy atom. The predicted molar refractivity (Wildman–Crippen MR) is 93.9 cm³/mol. The molecule has 1 saturated heterocycles. The molecular weight excluding hydrogens is 344 g/mol. The van der Waals surface area contributed by atoms with Crippen LogP contribution in [0.15, 0.2) is 24.3 Å². The lowest BCUT2D eigenvalue weighted by Gasteiger charge is -2.28. The molecule has 1 aromatic carbocycles. The van der Waals surface area contributed by atoms with Crippen molar-refractivity contribution in [3.8, 4) is 5.75 Å². The first-order valence-corrected chi connectivity index (χ1v) is 9.89. The first-order chi connectivity index (χ1) is 11.7. The lowest BCUT2D eigenvalue weighted by Crippen LogP contribution is -2.45. The molecule has 1 atom stereocenters. The highest BCUT2D eigenvalue weighted by Crippen LogP contribution is 2.20. The monoisotopic (exact) mass is 368 g/mol. The zero-order valence-electron chi connectivity index (χ0n) is 14.8. The Kier molecular flexibility index (Phi) is 6.05. The zero-order chi connectivity index (χ0) is 18.6. The SMILES string of the molecule is COc1ccccc1CN(CC(=O)N(C)C1CCS(=O)(=O)C1)C(C)=O. The van der Waals surface area contributed by atoms with E-state index in [1.54, 1.807) is 20.2 Å². The van der Waals surface area contributed by atoms with Crippen molar-refractivity contribution in [2.45, 2.75) is 25.9 Å².